The first-order valence-corrected chi connectivity index (χ1v) is 4.77. The first-order chi connectivity index (χ1) is 6.92. The molecule has 4 heteroatoms. The molecule has 0 fully saturated rings. The number of nitrogens with zero attached hydrogens (tertiary/aromatic N) is 1. The van der Waals surface area contributed by atoms with Crippen LogP contribution in [0.15, 0.2) is 18.3 Å². The summed E-state index contributed by atoms with van der Waals surface area (Å²) >= 11 is 0. The number of hydrogen-bond acceptors (Lipinski definition) is 3. The van der Waals surface area contributed by atoms with Crippen molar-refractivity contribution in [2.45, 2.75) is 26.2 Å². The lowest BCUT2D eigenvalue weighted by molar-refractivity contribution is -0.142. The number of rotatable bonds is 3. The first kappa shape index (κ1) is 11.8. The summed E-state index contributed by atoms with van der Waals surface area (Å²) in [6, 6.07) is 3.52. The van der Waals surface area contributed by atoms with Gasteiger partial charge in [-0.1, -0.05) is 25.4 Å². The minimum absolute atomic E-state index is 0.285. The van der Waals surface area contributed by atoms with E-state index in [0.717, 1.165) is 5.69 Å². The smallest absolute Gasteiger partial charge is 0.302 e. The molecule has 1 rings (SSSR count). The fourth-order valence-electron chi connectivity index (χ4n) is 1.17. The SMILES string of the molecule is [B]c1ccnc(C(C)(C)COC(C)=O)c1. The third kappa shape index (κ3) is 3.38. The second-order valence-corrected chi connectivity index (χ2v) is 4.14. The maximum absolute atomic E-state index is 10.7. The molecule has 0 saturated heterocycles. The molecule has 1 aromatic heterocycles. The maximum atomic E-state index is 10.7. The second-order valence-electron chi connectivity index (χ2n) is 4.14. The topological polar surface area (TPSA) is 39.2 Å². The van der Waals surface area contributed by atoms with Crippen molar-refractivity contribution in [2.24, 2.45) is 0 Å². The first-order valence-electron chi connectivity index (χ1n) is 4.77. The zero-order chi connectivity index (χ0) is 11.5. The van der Waals surface area contributed by atoms with Gasteiger partial charge in [0.1, 0.15) is 14.5 Å². The molecule has 0 amide bonds. The Bertz CT molecular complexity index is 363. The van der Waals surface area contributed by atoms with Gasteiger partial charge in [-0.3, -0.25) is 9.78 Å². The molecule has 0 N–H and O–H groups in total. The van der Waals surface area contributed by atoms with Gasteiger partial charge in [-0.15, -0.1) is 0 Å². The summed E-state index contributed by atoms with van der Waals surface area (Å²) in [5.74, 6) is -0.285. The summed E-state index contributed by atoms with van der Waals surface area (Å²) in [6.45, 7) is 5.61. The van der Waals surface area contributed by atoms with E-state index in [-0.39, 0.29) is 11.4 Å². The Labute approximate surface area is 91.3 Å². The molecule has 0 bridgehead atoms. The molecule has 0 atom stereocenters. The van der Waals surface area contributed by atoms with Crippen LogP contribution in [0.3, 0.4) is 0 Å². The fraction of sp³-hybridized carbons (Fsp3) is 0.455. The molecular formula is C11H14BNO2. The van der Waals surface area contributed by atoms with Gasteiger partial charge in [-0.25, -0.2) is 0 Å². The van der Waals surface area contributed by atoms with Crippen molar-refractivity contribution in [3.63, 3.8) is 0 Å². The second kappa shape index (κ2) is 4.47. The van der Waals surface area contributed by atoms with Crippen LogP contribution in [0, 0.1) is 0 Å². The van der Waals surface area contributed by atoms with Crippen LogP contribution in [0.2, 0.25) is 0 Å². The number of carbonyl (C=O) groups is 1. The van der Waals surface area contributed by atoms with E-state index in [1.165, 1.54) is 6.92 Å². The van der Waals surface area contributed by atoms with Gasteiger partial charge in [-0.2, -0.15) is 0 Å². The molecule has 3 nitrogen and oxygen atoms in total. The van der Waals surface area contributed by atoms with Gasteiger partial charge in [-0.05, 0) is 6.07 Å². The third-order valence-electron chi connectivity index (χ3n) is 2.11. The third-order valence-corrected chi connectivity index (χ3v) is 2.11. The molecule has 0 aliphatic heterocycles. The highest BCUT2D eigenvalue weighted by molar-refractivity contribution is 6.32. The van der Waals surface area contributed by atoms with Crippen molar-refractivity contribution in [3.05, 3.63) is 24.0 Å². The number of esters is 1. The fourth-order valence-corrected chi connectivity index (χ4v) is 1.17. The average Bonchev–Trinajstić information content (AvgIpc) is 2.15. The van der Waals surface area contributed by atoms with E-state index in [0.29, 0.717) is 12.1 Å². The molecular weight excluding hydrogens is 189 g/mol. The summed E-state index contributed by atoms with van der Waals surface area (Å²) in [5, 5.41) is 0. The predicted octanol–water partition coefficient (Wildman–Crippen LogP) is 0.716. The maximum Gasteiger partial charge on any atom is 0.302 e. The molecule has 0 aromatic carbocycles. The minimum Gasteiger partial charge on any atom is -0.465 e. The Morgan fingerprint density at radius 1 is 1.60 bits per heavy atom. The molecule has 0 unspecified atom stereocenters. The minimum atomic E-state index is -0.318. The number of hydrogen-bond donors (Lipinski definition) is 0. The largest absolute Gasteiger partial charge is 0.465 e. The van der Waals surface area contributed by atoms with Crippen molar-refractivity contribution >= 4 is 19.3 Å². The molecule has 0 aliphatic carbocycles. The van der Waals surface area contributed by atoms with E-state index >= 15 is 0 Å². The molecule has 1 aromatic rings. The van der Waals surface area contributed by atoms with Crippen molar-refractivity contribution in [3.8, 4) is 0 Å². The van der Waals surface area contributed by atoms with E-state index in [9.17, 15) is 4.79 Å². The van der Waals surface area contributed by atoms with Crippen molar-refractivity contribution in [1.29, 1.82) is 0 Å². The molecule has 78 valence electrons. The Hall–Kier alpha value is -1.32. The molecule has 2 radical (unpaired) electrons. The van der Waals surface area contributed by atoms with Gasteiger partial charge < -0.3 is 4.74 Å². The Balaban J connectivity index is 2.80. The van der Waals surface area contributed by atoms with E-state index in [1.807, 2.05) is 13.8 Å². The van der Waals surface area contributed by atoms with Crippen LogP contribution in [0.4, 0.5) is 0 Å². The van der Waals surface area contributed by atoms with Gasteiger partial charge >= 0.3 is 5.97 Å². The summed E-state index contributed by atoms with van der Waals surface area (Å²) in [7, 11) is 5.66. The Morgan fingerprint density at radius 2 is 2.27 bits per heavy atom. The lowest BCUT2D eigenvalue weighted by atomic mass is 9.86. The van der Waals surface area contributed by atoms with Crippen molar-refractivity contribution in [1.82, 2.24) is 4.98 Å². The van der Waals surface area contributed by atoms with E-state index in [1.54, 1.807) is 18.3 Å². The molecule has 1 heterocycles. The average molecular weight is 203 g/mol. The summed E-state index contributed by atoms with van der Waals surface area (Å²) in [5.41, 5.74) is 1.17. The van der Waals surface area contributed by atoms with Gasteiger partial charge in [0.05, 0.1) is 0 Å². The highest BCUT2D eigenvalue weighted by Gasteiger charge is 2.23. The summed E-state index contributed by atoms with van der Waals surface area (Å²) in [4.78, 5) is 14.9. The lowest BCUT2D eigenvalue weighted by Gasteiger charge is -2.23. The predicted molar refractivity (Wildman–Crippen MR) is 59.3 cm³/mol. The van der Waals surface area contributed by atoms with E-state index in [2.05, 4.69) is 4.98 Å². The Kier molecular flexibility index (Phi) is 3.50. The standard InChI is InChI=1S/C11H14BNO2/c1-8(14)15-7-11(2,3)10-6-9(12)4-5-13-10/h4-6H,7H2,1-3H3. The van der Waals surface area contributed by atoms with Crippen LogP contribution in [0.1, 0.15) is 26.5 Å². The number of carbonyl (C=O) groups excluding carboxylic acids is 1. The van der Waals surface area contributed by atoms with E-state index in [4.69, 9.17) is 12.6 Å². The molecule has 15 heavy (non-hydrogen) atoms. The molecule has 0 saturated carbocycles. The zero-order valence-electron chi connectivity index (χ0n) is 9.28. The normalized spacial score (nSPS) is 11.1. The van der Waals surface area contributed by atoms with Gasteiger partial charge in [0.2, 0.25) is 0 Å². The number of aromatic nitrogens is 1. The molecule has 0 aliphatic rings. The van der Waals surface area contributed by atoms with Gasteiger partial charge in [0.15, 0.2) is 0 Å². The van der Waals surface area contributed by atoms with E-state index < -0.39 is 0 Å². The Morgan fingerprint density at radius 3 is 2.80 bits per heavy atom. The monoisotopic (exact) mass is 203 g/mol. The van der Waals surface area contributed by atoms with Crippen molar-refractivity contribution in [2.75, 3.05) is 6.61 Å². The highest BCUT2D eigenvalue weighted by atomic mass is 16.5. The van der Waals surface area contributed by atoms with Crippen LogP contribution >= 0.6 is 0 Å². The van der Waals surface area contributed by atoms with Crippen LogP contribution in [0.5, 0.6) is 0 Å². The van der Waals surface area contributed by atoms with Gasteiger partial charge in [0, 0.05) is 24.2 Å². The van der Waals surface area contributed by atoms with Crippen LogP contribution < -0.4 is 5.46 Å². The lowest BCUT2D eigenvalue weighted by Crippen LogP contribution is -2.28. The van der Waals surface area contributed by atoms with Crippen molar-refractivity contribution < 1.29 is 9.53 Å². The molecule has 0 spiro atoms. The zero-order valence-corrected chi connectivity index (χ0v) is 9.28. The summed E-state index contributed by atoms with van der Waals surface area (Å²) < 4.78 is 4.98. The quantitative estimate of drug-likeness (QED) is 0.536. The number of ether oxygens (including phenoxy) is 1. The van der Waals surface area contributed by atoms with Crippen LogP contribution in [-0.4, -0.2) is 25.4 Å². The number of pyridine rings is 1. The van der Waals surface area contributed by atoms with Crippen LogP contribution in [0.25, 0.3) is 0 Å². The highest BCUT2D eigenvalue weighted by Crippen LogP contribution is 2.20. The van der Waals surface area contributed by atoms with Gasteiger partial charge in [0.25, 0.3) is 0 Å². The van der Waals surface area contributed by atoms with Crippen LogP contribution in [-0.2, 0) is 14.9 Å². The summed E-state index contributed by atoms with van der Waals surface area (Å²) in [6.07, 6.45) is 1.65.